The van der Waals surface area contributed by atoms with Gasteiger partial charge in [-0.05, 0) is 42.1 Å². The Kier molecular flexibility index (Phi) is 5.95. The molecule has 5 nitrogen and oxygen atoms in total. The molecule has 0 bridgehead atoms. The van der Waals surface area contributed by atoms with E-state index in [0.29, 0.717) is 29.0 Å². The molecule has 0 saturated carbocycles. The van der Waals surface area contributed by atoms with Gasteiger partial charge in [0.1, 0.15) is 11.6 Å². The molecule has 0 spiro atoms. The van der Waals surface area contributed by atoms with Crippen LogP contribution in [-0.4, -0.2) is 23.4 Å². The average Bonchev–Trinajstić information content (AvgIpc) is 3.32. The van der Waals surface area contributed by atoms with Crippen molar-refractivity contribution in [2.24, 2.45) is 0 Å². The van der Waals surface area contributed by atoms with E-state index in [9.17, 15) is 0 Å². The van der Waals surface area contributed by atoms with Crippen LogP contribution >= 0.6 is 22.9 Å². The number of benzene rings is 1. The van der Waals surface area contributed by atoms with Gasteiger partial charge in [0.05, 0.1) is 11.5 Å². The van der Waals surface area contributed by atoms with Crippen molar-refractivity contribution < 1.29 is 14.0 Å². The fraction of sp³-hybridized carbons (Fsp3) is 0.158. The molecule has 0 fully saturated rings. The highest BCUT2D eigenvalue weighted by molar-refractivity contribution is 7.13. The molecular formula is C19H15ClN2O3S. The third-order valence-corrected chi connectivity index (χ3v) is 4.38. The summed E-state index contributed by atoms with van der Waals surface area (Å²) in [5, 5.41) is 6.23. The topological polar surface area (TPSA) is 57.4 Å². The van der Waals surface area contributed by atoms with E-state index >= 15 is 0 Å². The molecule has 2 aromatic heterocycles. The molecule has 0 aliphatic carbocycles. The van der Waals surface area contributed by atoms with Gasteiger partial charge in [0.15, 0.2) is 11.5 Å². The van der Waals surface area contributed by atoms with Gasteiger partial charge in [-0.3, -0.25) is 0 Å². The predicted octanol–water partition coefficient (Wildman–Crippen LogP) is 4.95. The van der Waals surface area contributed by atoms with E-state index in [2.05, 4.69) is 16.1 Å². The molecular weight excluding hydrogens is 372 g/mol. The largest absolute Gasteiger partial charge is 0.490 e. The highest BCUT2D eigenvalue weighted by Crippen LogP contribution is 2.31. The molecule has 132 valence electrons. The lowest BCUT2D eigenvalue weighted by Crippen LogP contribution is -1.99. The number of aromatic nitrogens is 2. The SMILES string of the molecule is C#CCOc1ccc(/C=C(\Cl)c2nc(-c3cccs3)no2)cc1OCC. The summed E-state index contributed by atoms with van der Waals surface area (Å²) in [4.78, 5) is 5.23. The quantitative estimate of drug-likeness (QED) is 0.538. The highest BCUT2D eigenvalue weighted by Gasteiger charge is 2.13. The van der Waals surface area contributed by atoms with Crippen LogP contribution < -0.4 is 9.47 Å². The van der Waals surface area contributed by atoms with E-state index < -0.39 is 0 Å². The molecule has 3 rings (SSSR count). The third-order valence-electron chi connectivity index (χ3n) is 3.24. The second kappa shape index (κ2) is 8.56. The summed E-state index contributed by atoms with van der Waals surface area (Å²) in [6.45, 7) is 2.57. The van der Waals surface area contributed by atoms with E-state index in [1.807, 2.05) is 36.6 Å². The number of halogens is 1. The number of terminal acetylenes is 1. The van der Waals surface area contributed by atoms with E-state index in [4.69, 9.17) is 32.0 Å². The van der Waals surface area contributed by atoms with Gasteiger partial charge in [0.2, 0.25) is 5.82 Å². The summed E-state index contributed by atoms with van der Waals surface area (Å²) in [5.74, 6) is 4.36. The van der Waals surface area contributed by atoms with E-state index in [1.54, 1.807) is 12.1 Å². The van der Waals surface area contributed by atoms with Crippen LogP contribution in [0.15, 0.2) is 40.2 Å². The molecule has 0 aliphatic heterocycles. The Morgan fingerprint density at radius 1 is 1.35 bits per heavy atom. The Labute approximate surface area is 160 Å². The van der Waals surface area contributed by atoms with Crippen molar-refractivity contribution in [3.8, 4) is 34.5 Å². The summed E-state index contributed by atoms with van der Waals surface area (Å²) in [6.07, 6.45) is 6.96. The first kappa shape index (κ1) is 18.1. The number of ether oxygens (including phenoxy) is 2. The number of nitrogens with zero attached hydrogens (tertiary/aromatic N) is 2. The van der Waals surface area contributed by atoms with E-state index in [0.717, 1.165) is 10.4 Å². The summed E-state index contributed by atoms with van der Waals surface area (Å²) in [7, 11) is 0. The minimum absolute atomic E-state index is 0.170. The van der Waals surface area contributed by atoms with Gasteiger partial charge in [-0.25, -0.2) is 0 Å². The Bertz CT molecular complexity index is 942. The maximum atomic E-state index is 6.34. The standard InChI is InChI=1S/C19H15ClN2O3S/c1-3-9-24-15-8-7-13(12-16(15)23-4-2)11-14(20)19-21-18(22-25-19)17-6-5-10-26-17/h1,5-8,10-12H,4,9H2,2H3/b14-11-. The molecule has 0 saturated heterocycles. The molecule has 0 unspecified atom stereocenters. The maximum absolute atomic E-state index is 6.34. The molecule has 7 heteroatoms. The number of rotatable bonds is 7. The summed E-state index contributed by atoms with van der Waals surface area (Å²) >= 11 is 7.87. The molecule has 0 atom stereocenters. The smallest absolute Gasteiger partial charge is 0.269 e. The lowest BCUT2D eigenvalue weighted by molar-refractivity contribution is 0.299. The second-order valence-corrected chi connectivity index (χ2v) is 6.38. The highest BCUT2D eigenvalue weighted by atomic mass is 35.5. The Balaban J connectivity index is 1.84. The zero-order valence-corrected chi connectivity index (χ0v) is 15.5. The van der Waals surface area contributed by atoms with Gasteiger partial charge in [-0.15, -0.1) is 17.8 Å². The molecule has 0 aliphatic rings. The molecule has 0 amide bonds. The van der Waals surface area contributed by atoms with Crippen molar-refractivity contribution >= 4 is 34.0 Å². The number of thiophene rings is 1. The van der Waals surface area contributed by atoms with Crippen molar-refractivity contribution in [2.75, 3.05) is 13.2 Å². The van der Waals surface area contributed by atoms with E-state index in [1.165, 1.54) is 11.3 Å². The van der Waals surface area contributed by atoms with Gasteiger partial charge < -0.3 is 14.0 Å². The normalized spacial score (nSPS) is 11.2. The molecule has 26 heavy (non-hydrogen) atoms. The van der Waals surface area contributed by atoms with Gasteiger partial charge in [-0.2, -0.15) is 4.98 Å². The average molecular weight is 387 g/mol. The van der Waals surface area contributed by atoms with Crippen molar-refractivity contribution in [1.82, 2.24) is 10.1 Å². The van der Waals surface area contributed by atoms with Crippen LogP contribution in [0.3, 0.4) is 0 Å². The Morgan fingerprint density at radius 2 is 2.23 bits per heavy atom. The van der Waals surface area contributed by atoms with Crippen LogP contribution in [0.2, 0.25) is 0 Å². The Morgan fingerprint density at radius 3 is 2.96 bits per heavy atom. The zero-order valence-electron chi connectivity index (χ0n) is 13.9. The minimum Gasteiger partial charge on any atom is -0.490 e. The van der Waals surface area contributed by atoms with Crippen molar-refractivity contribution in [3.63, 3.8) is 0 Å². The van der Waals surface area contributed by atoms with E-state index in [-0.39, 0.29) is 12.5 Å². The van der Waals surface area contributed by atoms with Gasteiger partial charge >= 0.3 is 0 Å². The van der Waals surface area contributed by atoms with Crippen LogP contribution in [0.4, 0.5) is 0 Å². The Hall–Kier alpha value is -2.75. The summed E-state index contributed by atoms with van der Waals surface area (Å²) in [5.41, 5.74) is 0.808. The maximum Gasteiger partial charge on any atom is 0.269 e. The minimum atomic E-state index is 0.170. The molecule has 0 radical (unpaired) electrons. The molecule has 0 N–H and O–H groups in total. The number of hydrogen-bond acceptors (Lipinski definition) is 6. The molecule has 2 heterocycles. The monoisotopic (exact) mass is 386 g/mol. The van der Waals surface area contributed by atoms with Crippen LogP contribution in [0, 0.1) is 12.3 Å². The second-order valence-electron chi connectivity index (χ2n) is 5.02. The van der Waals surface area contributed by atoms with Gasteiger partial charge in [-0.1, -0.05) is 34.8 Å². The first-order valence-electron chi connectivity index (χ1n) is 7.79. The fourth-order valence-electron chi connectivity index (χ4n) is 2.16. The van der Waals surface area contributed by atoms with Crippen LogP contribution in [0.5, 0.6) is 11.5 Å². The molecule has 1 aromatic carbocycles. The molecule has 3 aromatic rings. The van der Waals surface area contributed by atoms with Crippen LogP contribution in [0.25, 0.3) is 21.8 Å². The first-order valence-corrected chi connectivity index (χ1v) is 9.05. The van der Waals surface area contributed by atoms with Crippen molar-refractivity contribution in [3.05, 3.63) is 47.2 Å². The fourth-order valence-corrected chi connectivity index (χ4v) is 3.01. The predicted molar refractivity (Wildman–Crippen MR) is 103 cm³/mol. The number of hydrogen-bond donors (Lipinski definition) is 0. The zero-order chi connectivity index (χ0) is 18.4. The van der Waals surface area contributed by atoms with Gasteiger partial charge in [0, 0.05) is 0 Å². The summed E-state index contributed by atoms with van der Waals surface area (Å²) < 4.78 is 16.3. The van der Waals surface area contributed by atoms with Crippen molar-refractivity contribution in [1.29, 1.82) is 0 Å². The van der Waals surface area contributed by atoms with Gasteiger partial charge in [0.25, 0.3) is 5.89 Å². The summed E-state index contributed by atoms with van der Waals surface area (Å²) in [6, 6.07) is 9.28. The van der Waals surface area contributed by atoms with Crippen LogP contribution in [0.1, 0.15) is 18.4 Å². The third kappa shape index (κ3) is 4.26. The van der Waals surface area contributed by atoms with Crippen molar-refractivity contribution in [2.45, 2.75) is 6.92 Å². The lowest BCUT2D eigenvalue weighted by Gasteiger charge is -2.11. The van der Waals surface area contributed by atoms with Crippen LogP contribution in [-0.2, 0) is 0 Å². The lowest BCUT2D eigenvalue weighted by atomic mass is 10.2. The first-order chi connectivity index (χ1) is 12.7.